The second kappa shape index (κ2) is 8.63. The van der Waals surface area contributed by atoms with E-state index in [1.54, 1.807) is 0 Å². The highest BCUT2D eigenvalue weighted by Gasteiger charge is 2.38. The van der Waals surface area contributed by atoms with E-state index in [0.717, 1.165) is 0 Å². The van der Waals surface area contributed by atoms with Gasteiger partial charge in [-0.05, 0) is 31.0 Å². The van der Waals surface area contributed by atoms with E-state index in [1.165, 1.54) is 18.2 Å². The van der Waals surface area contributed by atoms with Crippen LogP contribution in [0.1, 0.15) is 12.8 Å². The number of halogens is 4. The predicted molar refractivity (Wildman–Crippen MR) is 85.5 cm³/mol. The molecule has 0 atom stereocenters. The first-order valence-corrected chi connectivity index (χ1v) is 7.18. The Morgan fingerprint density at radius 3 is 2.61 bits per heavy atom. The Morgan fingerprint density at radius 1 is 1.43 bits per heavy atom. The van der Waals surface area contributed by atoms with E-state index in [9.17, 15) is 13.6 Å². The Labute approximate surface area is 143 Å². The average molecular weight is 371 g/mol. The van der Waals surface area contributed by atoms with Crippen molar-refractivity contribution in [2.75, 3.05) is 25.1 Å². The zero-order chi connectivity index (χ0) is 16.2. The molecule has 0 bridgehead atoms. The van der Waals surface area contributed by atoms with E-state index < -0.39 is 12.0 Å². The van der Waals surface area contributed by atoms with E-state index in [1.807, 2.05) is 0 Å². The normalized spacial score (nSPS) is 16.6. The van der Waals surface area contributed by atoms with Crippen molar-refractivity contribution in [3.05, 3.63) is 23.2 Å². The van der Waals surface area contributed by atoms with Crippen molar-refractivity contribution >= 4 is 35.6 Å². The van der Waals surface area contributed by atoms with Gasteiger partial charge in [0.05, 0.1) is 10.4 Å². The summed E-state index contributed by atoms with van der Waals surface area (Å²) in [6, 6.07) is 4.09. The van der Waals surface area contributed by atoms with Gasteiger partial charge in [-0.2, -0.15) is 8.78 Å². The van der Waals surface area contributed by atoms with Gasteiger partial charge in [0.15, 0.2) is 0 Å². The Kier molecular flexibility index (Phi) is 7.47. The lowest BCUT2D eigenvalue weighted by Gasteiger charge is -2.34. The third-order valence-electron chi connectivity index (χ3n) is 3.73. The van der Waals surface area contributed by atoms with Crippen LogP contribution in [-0.2, 0) is 9.53 Å². The lowest BCUT2D eigenvalue weighted by atomic mass is 9.79. The number of hydrogen-bond acceptors (Lipinski definition) is 4. The van der Waals surface area contributed by atoms with Crippen LogP contribution in [0, 0.1) is 5.41 Å². The van der Waals surface area contributed by atoms with Crippen LogP contribution in [0.15, 0.2) is 18.2 Å². The molecule has 3 N–H and O–H groups in total. The van der Waals surface area contributed by atoms with Gasteiger partial charge in [-0.1, -0.05) is 11.6 Å². The molecule has 1 fully saturated rings. The minimum atomic E-state index is -2.96. The molecule has 1 aromatic rings. The lowest BCUT2D eigenvalue weighted by molar-refractivity contribution is -0.130. The fraction of sp³-hybridized carbons (Fsp3) is 0.500. The zero-order valence-electron chi connectivity index (χ0n) is 12.2. The van der Waals surface area contributed by atoms with Gasteiger partial charge in [-0.25, -0.2) is 0 Å². The van der Waals surface area contributed by atoms with Gasteiger partial charge in [-0.15, -0.1) is 12.4 Å². The number of anilines is 1. The van der Waals surface area contributed by atoms with Gasteiger partial charge in [0.2, 0.25) is 5.91 Å². The van der Waals surface area contributed by atoms with Gasteiger partial charge in [-0.3, -0.25) is 4.79 Å². The highest BCUT2D eigenvalue weighted by atomic mass is 35.5. The molecular weight excluding hydrogens is 353 g/mol. The highest BCUT2D eigenvalue weighted by molar-refractivity contribution is 6.32. The number of benzene rings is 1. The largest absolute Gasteiger partial charge is 0.433 e. The van der Waals surface area contributed by atoms with Crippen molar-refractivity contribution in [1.82, 2.24) is 0 Å². The van der Waals surface area contributed by atoms with Gasteiger partial charge >= 0.3 is 6.61 Å². The molecule has 0 saturated carbocycles. The monoisotopic (exact) mass is 370 g/mol. The van der Waals surface area contributed by atoms with E-state index in [2.05, 4.69) is 10.1 Å². The Hall–Kier alpha value is -1.15. The number of carbonyl (C=O) groups is 1. The maximum atomic E-state index is 12.5. The first-order chi connectivity index (χ1) is 10.5. The molecule has 2 rings (SSSR count). The maximum absolute atomic E-state index is 12.5. The molecule has 9 heteroatoms. The maximum Gasteiger partial charge on any atom is 0.387 e. The third-order valence-corrected chi connectivity index (χ3v) is 4.02. The molecule has 1 amide bonds. The van der Waals surface area contributed by atoms with Crippen LogP contribution in [0.4, 0.5) is 14.5 Å². The first-order valence-electron chi connectivity index (χ1n) is 6.80. The average Bonchev–Trinajstić information content (AvgIpc) is 2.50. The summed E-state index contributed by atoms with van der Waals surface area (Å²) in [5.74, 6) is -0.369. The molecule has 1 heterocycles. The molecule has 5 nitrogen and oxygen atoms in total. The molecule has 1 aromatic carbocycles. The van der Waals surface area contributed by atoms with Crippen molar-refractivity contribution < 1.29 is 23.0 Å². The number of carbonyl (C=O) groups excluding carboxylic acids is 1. The third kappa shape index (κ3) is 4.91. The minimum absolute atomic E-state index is 0. The number of amides is 1. The number of nitrogens with two attached hydrogens (primary N) is 1. The van der Waals surface area contributed by atoms with Crippen molar-refractivity contribution in [2.45, 2.75) is 19.5 Å². The van der Waals surface area contributed by atoms with E-state index in [-0.39, 0.29) is 35.6 Å². The van der Waals surface area contributed by atoms with E-state index >= 15 is 0 Å². The van der Waals surface area contributed by atoms with Gasteiger partial charge in [0.1, 0.15) is 5.75 Å². The second-order valence-electron chi connectivity index (χ2n) is 5.07. The summed E-state index contributed by atoms with van der Waals surface area (Å²) < 4.78 is 33.9. The fourth-order valence-corrected chi connectivity index (χ4v) is 2.54. The molecule has 0 aromatic heterocycles. The number of nitrogens with one attached hydrogen (secondary N) is 1. The Bertz CT molecular complexity index is 541. The molecule has 0 unspecified atom stereocenters. The van der Waals surface area contributed by atoms with Crippen LogP contribution in [0.3, 0.4) is 0 Å². The number of rotatable bonds is 5. The van der Waals surface area contributed by atoms with Gasteiger partial charge in [0.25, 0.3) is 0 Å². The quantitative estimate of drug-likeness (QED) is 0.835. The van der Waals surface area contributed by atoms with Crippen molar-refractivity contribution in [3.63, 3.8) is 0 Å². The van der Waals surface area contributed by atoms with Crippen molar-refractivity contribution in [3.8, 4) is 5.75 Å². The summed E-state index contributed by atoms with van der Waals surface area (Å²) in [7, 11) is 0. The summed E-state index contributed by atoms with van der Waals surface area (Å²) >= 11 is 5.86. The van der Waals surface area contributed by atoms with Crippen LogP contribution >= 0.6 is 24.0 Å². The molecule has 23 heavy (non-hydrogen) atoms. The first kappa shape index (κ1) is 19.9. The van der Waals surface area contributed by atoms with Crippen LogP contribution in [0.5, 0.6) is 5.75 Å². The summed E-state index contributed by atoms with van der Waals surface area (Å²) in [6.45, 7) is -1.79. The topological polar surface area (TPSA) is 73.6 Å². The van der Waals surface area contributed by atoms with E-state index in [0.29, 0.717) is 31.7 Å². The van der Waals surface area contributed by atoms with Crippen molar-refractivity contribution in [2.24, 2.45) is 11.1 Å². The number of hydrogen-bond donors (Lipinski definition) is 2. The Balaban J connectivity index is 0.00000264. The van der Waals surface area contributed by atoms with Crippen LogP contribution in [0.2, 0.25) is 5.02 Å². The molecule has 1 aliphatic rings. The summed E-state index contributed by atoms with van der Waals surface area (Å²) in [6.07, 6.45) is 1.07. The molecular formula is C14H18Cl2F2N2O3. The standard InChI is InChI=1S/C14H17ClF2N2O3.ClH/c15-10-7-9(1-2-11(10)22-13(16)17)19-12(20)14(8-18)3-5-21-6-4-14;/h1-2,7,13H,3-6,8,18H2,(H,19,20);1H. The van der Waals surface area contributed by atoms with Gasteiger partial charge < -0.3 is 20.5 Å². The lowest BCUT2D eigenvalue weighted by Crippen LogP contribution is -2.46. The fourth-order valence-electron chi connectivity index (χ4n) is 2.32. The van der Waals surface area contributed by atoms with E-state index in [4.69, 9.17) is 22.1 Å². The van der Waals surface area contributed by atoms with Gasteiger partial charge in [0, 0.05) is 25.4 Å². The zero-order valence-corrected chi connectivity index (χ0v) is 13.8. The second-order valence-corrected chi connectivity index (χ2v) is 5.48. The Morgan fingerprint density at radius 2 is 2.09 bits per heavy atom. The summed E-state index contributed by atoms with van der Waals surface area (Å²) in [5, 5.41) is 2.72. The SMILES string of the molecule is Cl.NCC1(C(=O)Nc2ccc(OC(F)F)c(Cl)c2)CCOCC1. The number of ether oxygens (including phenoxy) is 2. The smallest absolute Gasteiger partial charge is 0.387 e. The molecule has 0 radical (unpaired) electrons. The summed E-state index contributed by atoms with van der Waals surface area (Å²) in [5.41, 5.74) is 5.48. The molecule has 0 spiro atoms. The predicted octanol–water partition coefficient (Wildman–Crippen LogP) is 3.06. The molecule has 0 aliphatic carbocycles. The molecule has 1 aliphatic heterocycles. The molecule has 130 valence electrons. The van der Waals surface area contributed by atoms with Crippen LogP contribution < -0.4 is 15.8 Å². The molecule has 1 saturated heterocycles. The van der Waals surface area contributed by atoms with Crippen LogP contribution in [0.25, 0.3) is 0 Å². The van der Waals surface area contributed by atoms with Crippen LogP contribution in [-0.4, -0.2) is 32.3 Å². The highest BCUT2D eigenvalue weighted by Crippen LogP contribution is 2.33. The minimum Gasteiger partial charge on any atom is -0.433 e. The number of alkyl halides is 2. The van der Waals surface area contributed by atoms with Crippen molar-refractivity contribution in [1.29, 1.82) is 0 Å². The summed E-state index contributed by atoms with van der Waals surface area (Å²) in [4.78, 5) is 12.5.